The van der Waals surface area contributed by atoms with Gasteiger partial charge < -0.3 is 15.0 Å². The summed E-state index contributed by atoms with van der Waals surface area (Å²) >= 11 is 1.66. The molecule has 4 rings (SSSR count). The lowest BCUT2D eigenvalue weighted by atomic mass is 10.1. The van der Waals surface area contributed by atoms with Gasteiger partial charge in [-0.25, -0.2) is 0 Å². The quantitative estimate of drug-likeness (QED) is 0.929. The Morgan fingerprint density at radius 1 is 1.21 bits per heavy atom. The number of thiophene rings is 1. The Balaban J connectivity index is 1.44. The zero-order valence-electron chi connectivity index (χ0n) is 13.7. The molecule has 0 radical (unpaired) electrons. The molecule has 0 bridgehead atoms. The smallest absolute Gasteiger partial charge is 0.261 e. The van der Waals surface area contributed by atoms with E-state index in [-0.39, 0.29) is 5.91 Å². The van der Waals surface area contributed by atoms with Gasteiger partial charge in [-0.2, -0.15) is 0 Å². The summed E-state index contributed by atoms with van der Waals surface area (Å²) in [5.41, 5.74) is 3.74. The first kappa shape index (κ1) is 15.7. The third-order valence-corrected chi connectivity index (χ3v) is 5.99. The molecule has 126 valence electrons. The van der Waals surface area contributed by atoms with E-state index in [0.29, 0.717) is 6.54 Å². The van der Waals surface area contributed by atoms with Crippen LogP contribution in [0.15, 0.2) is 30.3 Å². The first-order chi connectivity index (χ1) is 11.8. The van der Waals surface area contributed by atoms with Crippen LogP contribution in [0.5, 0.6) is 0 Å². The Kier molecular flexibility index (Phi) is 4.54. The fourth-order valence-corrected chi connectivity index (χ4v) is 4.65. The minimum Gasteiger partial charge on any atom is -0.378 e. The number of hydrogen-bond donors (Lipinski definition) is 1. The second-order valence-electron chi connectivity index (χ2n) is 6.32. The SMILES string of the molecule is O=C(NCc1ccccc1N1CCOCC1)c1cc2c(s1)CCC2. The van der Waals surface area contributed by atoms with Crippen molar-refractivity contribution in [3.05, 3.63) is 51.2 Å². The minimum absolute atomic E-state index is 0.0474. The lowest BCUT2D eigenvalue weighted by Crippen LogP contribution is -2.37. The summed E-state index contributed by atoms with van der Waals surface area (Å²) in [6.45, 7) is 3.91. The van der Waals surface area contributed by atoms with E-state index >= 15 is 0 Å². The van der Waals surface area contributed by atoms with Crippen molar-refractivity contribution in [3.63, 3.8) is 0 Å². The van der Waals surface area contributed by atoms with Gasteiger partial charge in [0.15, 0.2) is 0 Å². The fraction of sp³-hybridized carbons (Fsp3) is 0.421. The number of amides is 1. The Labute approximate surface area is 146 Å². The molecule has 1 aromatic carbocycles. The van der Waals surface area contributed by atoms with Crippen LogP contribution in [0.25, 0.3) is 0 Å². The van der Waals surface area contributed by atoms with E-state index in [4.69, 9.17) is 4.74 Å². The van der Waals surface area contributed by atoms with Crippen molar-refractivity contribution in [1.82, 2.24) is 5.32 Å². The Morgan fingerprint density at radius 3 is 2.88 bits per heavy atom. The van der Waals surface area contributed by atoms with Gasteiger partial charge >= 0.3 is 0 Å². The number of hydrogen-bond acceptors (Lipinski definition) is 4. The van der Waals surface area contributed by atoms with E-state index in [1.165, 1.54) is 22.5 Å². The molecule has 2 heterocycles. The number of rotatable bonds is 4. The lowest BCUT2D eigenvalue weighted by Gasteiger charge is -2.30. The largest absolute Gasteiger partial charge is 0.378 e. The molecule has 1 aromatic heterocycles. The van der Waals surface area contributed by atoms with Crippen molar-refractivity contribution >= 4 is 22.9 Å². The molecule has 0 saturated carbocycles. The molecular formula is C19H22N2O2S. The molecule has 2 aromatic rings. The van der Waals surface area contributed by atoms with E-state index < -0.39 is 0 Å². The zero-order chi connectivity index (χ0) is 16.4. The number of nitrogens with zero attached hydrogens (tertiary/aromatic N) is 1. The van der Waals surface area contributed by atoms with Crippen LogP contribution in [0.4, 0.5) is 5.69 Å². The van der Waals surface area contributed by atoms with Gasteiger partial charge in [0.2, 0.25) is 0 Å². The maximum atomic E-state index is 12.5. The predicted molar refractivity (Wildman–Crippen MR) is 97.0 cm³/mol. The molecule has 1 saturated heterocycles. The molecule has 24 heavy (non-hydrogen) atoms. The second kappa shape index (κ2) is 6.95. The summed E-state index contributed by atoms with van der Waals surface area (Å²) in [5, 5.41) is 3.10. The molecule has 1 aliphatic heterocycles. The number of carbonyl (C=O) groups is 1. The summed E-state index contributed by atoms with van der Waals surface area (Å²) in [5.74, 6) is 0.0474. The molecule has 4 nitrogen and oxygen atoms in total. The Morgan fingerprint density at radius 2 is 2.04 bits per heavy atom. The summed E-state index contributed by atoms with van der Waals surface area (Å²) in [7, 11) is 0. The van der Waals surface area contributed by atoms with E-state index in [1.54, 1.807) is 11.3 Å². The molecule has 1 N–H and O–H groups in total. The Bertz CT molecular complexity index is 713. The highest BCUT2D eigenvalue weighted by atomic mass is 32.1. The van der Waals surface area contributed by atoms with Crippen molar-refractivity contribution in [1.29, 1.82) is 0 Å². The van der Waals surface area contributed by atoms with Gasteiger partial charge in [-0.05, 0) is 42.5 Å². The van der Waals surface area contributed by atoms with Crippen LogP contribution in [0, 0.1) is 0 Å². The standard InChI is InChI=1S/C19H22N2O2S/c22-19(18-12-14-5-3-7-17(14)24-18)20-13-15-4-1-2-6-16(15)21-8-10-23-11-9-21/h1-2,4,6,12H,3,5,7-11,13H2,(H,20,22). The highest BCUT2D eigenvalue weighted by molar-refractivity contribution is 7.14. The maximum absolute atomic E-state index is 12.5. The van der Waals surface area contributed by atoms with Gasteiger partial charge in [0, 0.05) is 30.2 Å². The number of morpholine rings is 1. The molecule has 2 aliphatic rings. The van der Waals surface area contributed by atoms with Crippen molar-refractivity contribution in [2.24, 2.45) is 0 Å². The van der Waals surface area contributed by atoms with Gasteiger partial charge in [0.05, 0.1) is 18.1 Å². The first-order valence-electron chi connectivity index (χ1n) is 8.61. The first-order valence-corrected chi connectivity index (χ1v) is 9.43. The molecule has 1 fully saturated rings. The topological polar surface area (TPSA) is 41.6 Å². The predicted octanol–water partition coefficient (Wildman–Crippen LogP) is 3.00. The fourth-order valence-electron chi connectivity index (χ4n) is 3.48. The summed E-state index contributed by atoms with van der Waals surface area (Å²) in [4.78, 5) is 17.1. The average molecular weight is 342 g/mol. The van der Waals surface area contributed by atoms with Gasteiger partial charge in [-0.15, -0.1) is 11.3 Å². The number of carbonyl (C=O) groups excluding carboxylic acids is 1. The average Bonchev–Trinajstić information content (AvgIpc) is 3.23. The van der Waals surface area contributed by atoms with Crippen LogP contribution in [0.2, 0.25) is 0 Å². The molecule has 1 amide bonds. The summed E-state index contributed by atoms with van der Waals surface area (Å²) in [6, 6.07) is 10.4. The van der Waals surface area contributed by atoms with Crippen molar-refractivity contribution in [3.8, 4) is 0 Å². The van der Waals surface area contributed by atoms with Gasteiger partial charge in [-0.1, -0.05) is 18.2 Å². The molecule has 0 spiro atoms. The maximum Gasteiger partial charge on any atom is 0.261 e. The van der Waals surface area contributed by atoms with Crippen LogP contribution < -0.4 is 10.2 Å². The minimum atomic E-state index is 0.0474. The third kappa shape index (κ3) is 3.19. The number of fused-ring (bicyclic) bond motifs is 1. The highest BCUT2D eigenvalue weighted by Crippen LogP contribution is 2.30. The van der Waals surface area contributed by atoms with Gasteiger partial charge in [-0.3, -0.25) is 4.79 Å². The van der Waals surface area contributed by atoms with Crippen LogP contribution in [-0.2, 0) is 24.1 Å². The number of anilines is 1. The summed E-state index contributed by atoms with van der Waals surface area (Å²) in [6.07, 6.45) is 3.49. The van der Waals surface area contributed by atoms with E-state index in [9.17, 15) is 4.79 Å². The number of benzene rings is 1. The molecule has 1 aliphatic carbocycles. The van der Waals surface area contributed by atoms with Crippen molar-refractivity contribution < 1.29 is 9.53 Å². The second-order valence-corrected chi connectivity index (χ2v) is 7.46. The van der Waals surface area contributed by atoms with Crippen LogP contribution >= 0.6 is 11.3 Å². The third-order valence-electron chi connectivity index (χ3n) is 4.75. The van der Waals surface area contributed by atoms with E-state index in [1.807, 2.05) is 6.07 Å². The van der Waals surface area contributed by atoms with E-state index in [2.05, 4.69) is 34.5 Å². The number of para-hydroxylation sites is 1. The lowest BCUT2D eigenvalue weighted by molar-refractivity contribution is 0.0954. The number of aryl methyl sites for hydroxylation is 2. The van der Waals surface area contributed by atoms with E-state index in [0.717, 1.165) is 49.6 Å². The molecule has 0 atom stereocenters. The van der Waals surface area contributed by atoms with Crippen LogP contribution in [0.3, 0.4) is 0 Å². The Hall–Kier alpha value is -1.85. The molecular weight excluding hydrogens is 320 g/mol. The van der Waals surface area contributed by atoms with Crippen molar-refractivity contribution in [2.75, 3.05) is 31.2 Å². The monoisotopic (exact) mass is 342 g/mol. The number of ether oxygens (including phenoxy) is 1. The normalized spacial score (nSPS) is 16.9. The molecule has 5 heteroatoms. The van der Waals surface area contributed by atoms with Gasteiger partial charge in [0.1, 0.15) is 0 Å². The summed E-state index contributed by atoms with van der Waals surface area (Å²) < 4.78 is 5.44. The van der Waals surface area contributed by atoms with Crippen LogP contribution in [-0.4, -0.2) is 32.2 Å². The van der Waals surface area contributed by atoms with Crippen LogP contribution in [0.1, 0.15) is 32.1 Å². The van der Waals surface area contributed by atoms with Crippen molar-refractivity contribution in [2.45, 2.75) is 25.8 Å². The highest BCUT2D eigenvalue weighted by Gasteiger charge is 2.19. The zero-order valence-corrected chi connectivity index (χ0v) is 14.5. The van der Waals surface area contributed by atoms with Gasteiger partial charge in [0.25, 0.3) is 5.91 Å². The number of nitrogens with one attached hydrogen (secondary N) is 1. The molecule has 0 unspecified atom stereocenters.